The summed E-state index contributed by atoms with van der Waals surface area (Å²) in [5.74, 6) is 0. The van der Waals surface area contributed by atoms with Gasteiger partial charge in [-0.15, -0.1) is 0 Å². The van der Waals surface area contributed by atoms with Crippen LogP contribution in [0.1, 0.15) is 11.1 Å². The summed E-state index contributed by atoms with van der Waals surface area (Å²) in [6.45, 7) is 4.69. The summed E-state index contributed by atoms with van der Waals surface area (Å²) in [5.41, 5.74) is 8.71. The Morgan fingerprint density at radius 1 is 1.50 bits per heavy atom. The highest BCUT2D eigenvalue weighted by Crippen LogP contribution is 2.20. The highest BCUT2D eigenvalue weighted by molar-refractivity contribution is 7.80. The number of rotatable bonds is 4. The first-order valence-corrected chi connectivity index (χ1v) is 6.42. The maximum absolute atomic E-state index is 5.73. The number of nitrogens with two attached hydrogens (primary N) is 1. The molecule has 2 rings (SSSR count). The van der Waals surface area contributed by atoms with E-state index < -0.39 is 0 Å². The molecule has 1 atom stereocenters. The third kappa shape index (κ3) is 3.19. The van der Waals surface area contributed by atoms with E-state index in [2.05, 4.69) is 5.32 Å². The fourth-order valence-corrected chi connectivity index (χ4v) is 2.15. The van der Waals surface area contributed by atoms with E-state index in [1.165, 1.54) is 0 Å². The fourth-order valence-electron chi connectivity index (χ4n) is 1.98. The topological polar surface area (TPSA) is 56.5 Å². The number of nitrogens with one attached hydrogen (secondary N) is 1. The van der Waals surface area contributed by atoms with Gasteiger partial charge in [0.05, 0.1) is 25.9 Å². The first kappa shape index (κ1) is 13.3. The Morgan fingerprint density at radius 3 is 3.00 bits per heavy atom. The van der Waals surface area contributed by atoms with Crippen molar-refractivity contribution < 1.29 is 9.47 Å². The van der Waals surface area contributed by atoms with Crippen LogP contribution in [0.15, 0.2) is 18.2 Å². The quantitative estimate of drug-likeness (QED) is 0.808. The zero-order chi connectivity index (χ0) is 13.0. The van der Waals surface area contributed by atoms with Crippen LogP contribution < -0.4 is 11.1 Å². The molecule has 0 amide bonds. The van der Waals surface area contributed by atoms with Crippen LogP contribution >= 0.6 is 12.2 Å². The van der Waals surface area contributed by atoms with Gasteiger partial charge >= 0.3 is 0 Å². The molecule has 0 spiro atoms. The predicted octanol–water partition coefficient (Wildman–Crippen LogP) is 1.46. The molecule has 5 heteroatoms. The molecule has 1 saturated heterocycles. The second-order valence-electron chi connectivity index (χ2n) is 4.31. The Labute approximate surface area is 112 Å². The SMILES string of the molecule is Cc1cccc(C(N)=S)c1NCC1COCCO1. The molecular formula is C13H18N2O2S. The first-order valence-electron chi connectivity index (χ1n) is 6.01. The van der Waals surface area contributed by atoms with E-state index >= 15 is 0 Å². The van der Waals surface area contributed by atoms with Crippen molar-refractivity contribution in [1.29, 1.82) is 0 Å². The normalized spacial score (nSPS) is 19.5. The second-order valence-corrected chi connectivity index (χ2v) is 4.75. The van der Waals surface area contributed by atoms with Gasteiger partial charge in [0.15, 0.2) is 0 Å². The van der Waals surface area contributed by atoms with Crippen molar-refractivity contribution >= 4 is 22.9 Å². The molecule has 3 N–H and O–H groups in total. The minimum atomic E-state index is 0.0811. The standard InChI is InChI=1S/C13H18N2O2S/c1-9-3-2-4-11(13(14)18)12(9)15-7-10-8-16-5-6-17-10/h2-4,10,15H,5-8H2,1H3,(H2,14,18). The van der Waals surface area contributed by atoms with Gasteiger partial charge in [-0.1, -0.05) is 24.4 Å². The minimum Gasteiger partial charge on any atom is -0.389 e. The van der Waals surface area contributed by atoms with Crippen molar-refractivity contribution in [2.45, 2.75) is 13.0 Å². The summed E-state index contributed by atoms with van der Waals surface area (Å²) in [7, 11) is 0. The number of ether oxygens (including phenoxy) is 2. The molecule has 1 heterocycles. The molecule has 0 bridgehead atoms. The fraction of sp³-hybridized carbons (Fsp3) is 0.462. The van der Waals surface area contributed by atoms with Gasteiger partial charge in [0.1, 0.15) is 4.99 Å². The highest BCUT2D eigenvalue weighted by atomic mass is 32.1. The first-order chi connectivity index (χ1) is 8.68. The Kier molecular flexibility index (Phi) is 4.52. The van der Waals surface area contributed by atoms with Gasteiger partial charge in [-0.2, -0.15) is 0 Å². The Morgan fingerprint density at radius 2 is 2.33 bits per heavy atom. The number of thiocarbonyl (C=S) groups is 1. The van der Waals surface area contributed by atoms with Gasteiger partial charge in [-0.25, -0.2) is 0 Å². The van der Waals surface area contributed by atoms with Crippen LogP contribution in [0.2, 0.25) is 0 Å². The number of anilines is 1. The summed E-state index contributed by atoms with van der Waals surface area (Å²) in [4.78, 5) is 0.405. The lowest BCUT2D eigenvalue weighted by molar-refractivity contribution is -0.0818. The number of benzene rings is 1. The molecule has 1 aromatic rings. The zero-order valence-corrected chi connectivity index (χ0v) is 11.3. The second kappa shape index (κ2) is 6.13. The minimum absolute atomic E-state index is 0.0811. The lowest BCUT2D eigenvalue weighted by atomic mass is 10.1. The van der Waals surface area contributed by atoms with Crippen LogP contribution in [-0.2, 0) is 9.47 Å². The average molecular weight is 266 g/mol. The number of hydrogen-bond donors (Lipinski definition) is 2. The van der Waals surface area contributed by atoms with Gasteiger partial charge in [-0.05, 0) is 18.6 Å². The van der Waals surface area contributed by atoms with E-state index in [0.29, 0.717) is 31.4 Å². The summed E-state index contributed by atoms with van der Waals surface area (Å²) < 4.78 is 11.0. The van der Waals surface area contributed by atoms with Crippen molar-refractivity contribution in [3.63, 3.8) is 0 Å². The molecule has 1 aliphatic rings. The van der Waals surface area contributed by atoms with E-state index in [9.17, 15) is 0 Å². The van der Waals surface area contributed by atoms with E-state index in [1.807, 2.05) is 25.1 Å². The zero-order valence-electron chi connectivity index (χ0n) is 10.4. The van der Waals surface area contributed by atoms with Gasteiger partial charge in [-0.3, -0.25) is 0 Å². The summed E-state index contributed by atoms with van der Waals surface area (Å²) in [6, 6.07) is 5.91. The third-order valence-corrected chi connectivity index (χ3v) is 3.15. The summed E-state index contributed by atoms with van der Waals surface area (Å²) in [6.07, 6.45) is 0.0811. The van der Waals surface area contributed by atoms with Crippen LogP contribution in [0.25, 0.3) is 0 Å². The van der Waals surface area contributed by atoms with Crippen LogP contribution in [-0.4, -0.2) is 37.5 Å². The van der Waals surface area contributed by atoms with Crippen molar-refractivity contribution in [3.8, 4) is 0 Å². The van der Waals surface area contributed by atoms with E-state index in [1.54, 1.807) is 0 Å². The monoisotopic (exact) mass is 266 g/mol. The Hall–Kier alpha value is -1.17. The highest BCUT2D eigenvalue weighted by Gasteiger charge is 2.15. The van der Waals surface area contributed by atoms with E-state index in [4.69, 9.17) is 27.4 Å². The van der Waals surface area contributed by atoms with Crippen LogP contribution in [0, 0.1) is 6.92 Å². The average Bonchev–Trinajstić information content (AvgIpc) is 2.38. The molecule has 0 aliphatic carbocycles. The molecule has 98 valence electrons. The van der Waals surface area contributed by atoms with Gasteiger partial charge < -0.3 is 20.5 Å². The maximum atomic E-state index is 5.73. The molecule has 1 aliphatic heterocycles. The van der Waals surface area contributed by atoms with Crippen molar-refractivity contribution in [2.24, 2.45) is 5.73 Å². The molecule has 1 fully saturated rings. The van der Waals surface area contributed by atoms with Gasteiger partial charge in [0, 0.05) is 17.8 Å². The number of aryl methyl sites for hydroxylation is 1. The van der Waals surface area contributed by atoms with Crippen molar-refractivity contribution in [3.05, 3.63) is 29.3 Å². The molecular weight excluding hydrogens is 248 g/mol. The van der Waals surface area contributed by atoms with Gasteiger partial charge in [0.2, 0.25) is 0 Å². The van der Waals surface area contributed by atoms with Crippen LogP contribution in [0.4, 0.5) is 5.69 Å². The van der Waals surface area contributed by atoms with Crippen molar-refractivity contribution in [1.82, 2.24) is 0 Å². The maximum Gasteiger partial charge on any atom is 0.106 e. The van der Waals surface area contributed by atoms with Crippen LogP contribution in [0.3, 0.4) is 0 Å². The smallest absolute Gasteiger partial charge is 0.106 e. The molecule has 0 aromatic heterocycles. The van der Waals surface area contributed by atoms with E-state index in [-0.39, 0.29) is 6.10 Å². The Balaban J connectivity index is 2.05. The molecule has 0 radical (unpaired) electrons. The van der Waals surface area contributed by atoms with Gasteiger partial charge in [0.25, 0.3) is 0 Å². The predicted molar refractivity (Wildman–Crippen MR) is 76.1 cm³/mol. The largest absolute Gasteiger partial charge is 0.389 e. The molecule has 1 aromatic carbocycles. The van der Waals surface area contributed by atoms with Crippen molar-refractivity contribution in [2.75, 3.05) is 31.7 Å². The lowest BCUT2D eigenvalue weighted by Gasteiger charge is -2.24. The third-order valence-electron chi connectivity index (χ3n) is 2.93. The molecule has 0 saturated carbocycles. The molecule has 18 heavy (non-hydrogen) atoms. The molecule has 4 nitrogen and oxygen atoms in total. The summed E-state index contributed by atoms with van der Waals surface area (Å²) in [5, 5.41) is 3.36. The van der Waals surface area contributed by atoms with Crippen LogP contribution in [0.5, 0.6) is 0 Å². The molecule has 1 unspecified atom stereocenters. The summed E-state index contributed by atoms with van der Waals surface area (Å²) >= 11 is 5.06. The Bertz CT molecular complexity index is 431. The lowest BCUT2D eigenvalue weighted by Crippen LogP contribution is -2.34. The number of hydrogen-bond acceptors (Lipinski definition) is 4. The number of para-hydroxylation sites is 1. The van der Waals surface area contributed by atoms with E-state index in [0.717, 1.165) is 16.8 Å².